The van der Waals surface area contributed by atoms with Crippen LogP contribution in [0.15, 0.2) is 0 Å². The van der Waals surface area contributed by atoms with E-state index in [0.29, 0.717) is 31.7 Å². The monoisotopic (exact) mass is 296 g/mol. The second-order valence-corrected chi connectivity index (χ2v) is 6.53. The lowest BCUT2D eigenvalue weighted by molar-refractivity contribution is -0.186. The minimum atomic E-state index is -0.337. The molecule has 3 fully saturated rings. The van der Waals surface area contributed by atoms with E-state index in [-0.39, 0.29) is 5.79 Å². The minimum absolute atomic E-state index is 0.311. The molecule has 1 spiro atoms. The lowest BCUT2D eigenvalue weighted by Gasteiger charge is -2.40. The van der Waals surface area contributed by atoms with Crippen molar-refractivity contribution in [2.24, 2.45) is 0 Å². The summed E-state index contributed by atoms with van der Waals surface area (Å²) in [6, 6.07) is 0.462. The normalized spacial score (nSPS) is 30.0. The van der Waals surface area contributed by atoms with Crippen LogP contribution in [0.2, 0.25) is 0 Å². The van der Waals surface area contributed by atoms with Gasteiger partial charge in [-0.3, -0.25) is 9.69 Å². The topological polar surface area (TPSA) is 42.0 Å². The summed E-state index contributed by atoms with van der Waals surface area (Å²) in [4.78, 5) is 17.0. The Hall–Kier alpha value is -0.650. The third-order valence-electron chi connectivity index (χ3n) is 5.21. The summed E-state index contributed by atoms with van der Waals surface area (Å²) in [7, 11) is 0. The fraction of sp³-hybridized carbons (Fsp3) is 0.938. The molecule has 21 heavy (non-hydrogen) atoms. The van der Waals surface area contributed by atoms with Gasteiger partial charge in [0.15, 0.2) is 5.79 Å². The summed E-state index contributed by atoms with van der Waals surface area (Å²) in [6.07, 6.45) is 6.45. The lowest BCUT2D eigenvalue weighted by atomic mass is 9.99. The molecule has 0 bridgehead atoms. The molecule has 5 nitrogen and oxygen atoms in total. The lowest BCUT2D eigenvalue weighted by Crippen LogP contribution is -2.51. The molecule has 0 aromatic rings. The van der Waals surface area contributed by atoms with Crippen LogP contribution in [0.4, 0.5) is 0 Å². The zero-order valence-electron chi connectivity index (χ0n) is 13.2. The van der Waals surface area contributed by atoms with Gasteiger partial charge >= 0.3 is 0 Å². The molecule has 0 saturated carbocycles. The van der Waals surface area contributed by atoms with Crippen LogP contribution in [-0.4, -0.2) is 66.9 Å². The molecule has 1 amide bonds. The molecule has 3 rings (SSSR count). The van der Waals surface area contributed by atoms with Crippen LogP contribution in [0.25, 0.3) is 0 Å². The van der Waals surface area contributed by atoms with Gasteiger partial charge in [0.2, 0.25) is 5.91 Å². The first-order valence-corrected chi connectivity index (χ1v) is 8.52. The van der Waals surface area contributed by atoms with Crippen molar-refractivity contribution in [2.45, 2.75) is 57.3 Å². The number of hydrogen-bond donors (Lipinski definition) is 0. The molecule has 0 aromatic heterocycles. The van der Waals surface area contributed by atoms with Crippen LogP contribution in [0.3, 0.4) is 0 Å². The van der Waals surface area contributed by atoms with Crippen LogP contribution in [-0.2, 0) is 14.3 Å². The van der Waals surface area contributed by atoms with Gasteiger partial charge in [-0.15, -0.1) is 0 Å². The minimum Gasteiger partial charge on any atom is -0.347 e. The molecule has 120 valence electrons. The molecule has 1 atom stereocenters. The van der Waals surface area contributed by atoms with E-state index in [9.17, 15) is 4.79 Å². The Morgan fingerprint density at radius 2 is 1.86 bits per heavy atom. The highest BCUT2D eigenvalue weighted by Gasteiger charge is 2.40. The molecule has 3 saturated heterocycles. The Balaban J connectivity index is 1.49. The predicted molar refractivity (Wildman–Crippen MR) is 80.0 cm³/mol. The summed E-state index contributed by atoms with van der Waals surface area (Å²) < 4.78 is 11.5. The van der Waals surface area contributed by atoms with Gasteiger partial charge in [0, 0.05) is 38.5 Å². The Morgan fingerprint density at radius 3 is 2.52 bits per heavy atom. The standard InChI is InChI=1S/C16H28N2O3/c1-2-14-5-3-4-8-18(14)15(19)13-17-9-6-16(7-10-17)20-11-12-21-16/h14H,2-13H2,1H3. The van der Waals surface area contributed by atoms with Crippen LogP contribution < -0.4 is 0 Å². The van der Waals surface area contributed by atoms with E-state index in [4.69, 9.17) is 9.47 Å². The van der Waals surface area contributed by atoms with Gasteiger partial charge in [0.05, 0.1) is 19.8 Å². The molecule has 0 aromatic carbocycles. The summed E-state index contributed by atoms with van der Waals surface area (Å²) in [5.74, 6) is -0.0258. The maximum atomic E-state index is 12.6. The van der Waals surface area contributed by atoms with E-state index in [1.54, 1.807) is 0 Å². The molecule has 5 heteroatoms. The van der Waals surface area contributed by atoms with Crippen LogP contribution >= 0.6 is 0 Å². The first-order valence-electron chi connectivity index (χ1n) is 8.52. The highest BCUT2D eigenvalue weighted by Crippen LogP contribution is 2.31. The number of nitrogens with zero attached hydrogens (tertiary/aromatic N) is 2. The zero-order valence-corrected chi connectivity index (χ0v) is 13.2. The van der Waals surface area contributed by atoms with E-state index in [1.807, 2.05) is 0 Å². The van der Waals surface area contributed by atoms with Crippen molar-refractivity contribution in [1.82, 2.24) is 9.80 Å². The van der Waals surface area contributed by atoms with Gasteiger partial charge in [0.1, 0.15) is 0 Å². The van der Waals surface area contributed by atoms with Crippen molar-refractivity contribution in [3.8, 4) is 0 Å². The van der Waals surface area contributed by atoms with E-state index in [1.165, 1.54) is 12.8 Å². The van der Waals surface area contributed by atoms with Crippen molar-refractivity contribution < 1.29 is 14.3 Å². The molecular weight excluding hydrogens is 268 g/mol. The smallest absolute Gasteiger partial charge is 0.236 e. The Labute approximate surface area is 127 Å². The van der Waals surface area contributed by atoms with Crippen LogP contribution in [0.5, 0.6) is 0 Å². The molecule has 1 unspecified atom stereocenters. The quantitative estimate of drug-likeness (QED) is 0.793. The molecule has 3 heterocycles. The zero-order chi connectivity index (χ0) is 14.7. The van der Waals surface area contributed by atoms with Gasteiger partial charge in [-0.2, -0.15) is 0 Å². The maximum absolute atomic E-state index is 12.6. The van der Waals surface area contributed by atoms with Crippen molar-refractivity contribution in [2.75, 3.05) is 39.4 Å². The van der Waals surface area contributed by atoms with Crippen molar-refractivity contribution in [1.29, 1.82) is 0 Å². The second kappa shape index (κ2) is 6.63. The first-order chi connectivity index (χ1) is 10.2. The third-order valence-corrected chi connectivity index (χ3v) is 5.21. The maximum Gasteiger partial charge on any atom is 0.236 e. The summed E-state index contributed by atoms with van der Waals surface area (Å²) in [6.45, 7) is 6.92. The van der Waals surface area contributed by atoms with E-state index < -0.39 is 0 Å². The number of hydrogen-bond acceptors (Lipinski definition) is 4. The van der Waals surface area contributed by atoms with Gasteiger partial charge < -0.3 is 14.4 Å². The second-order valence-electron chi connectivity index (χ2n) is 6.53. The molecular formula is C16H28N2O3. The molecule has 0 radical (unpaired) electrons. The summed E-state index contributed by atoms with van der Waals surface area (Å²) in [5.41, 5.74) is 0. The SMILES string of the molecule is CCC1CCCCN1C(=O)CN1CCC2(CC1)OCCO2. The van der Waals surface area contributed by atoms with Crippen molar-refractivity contribution in [3.63, 3.8) is 0 Å². The van der Waals surface area contributed by atoms with Gasteiger partial charge in [0.25, 0.3) is 0 Å². The fourth-order valence-corrected chi connectivity index (χ4v) is 3.87. The third kappa shape index (κ3) is 3.41. The van der Waals surface area contributed by atoms with E-state index >= 15 is 0 Å². The van der Waals surface area contributed by atoms with Crippen molar-refractivity contribution >= 4 is 5.91 Å². The van der Waals surface area contributed by atoms with E-state index in [2.05, 4.69) is 16.7 Å². The van der Waals surface area contributed by atoms with Crippen LogP contribution in [0, 0.1) is 0 Å². The Morgan fingerprint density at radius 1 is 1.14 bits per heavy atom. The first kappa shape index (κ1) is 15.3. The number of ether oxygens (including phenoxy) is 2. The highest BCUT2D eigenvalue weighted by molar-refractivity contribution is 5.78. The number of amides is 1. The molecule has 3 aliphatic rings. The molecule has 0 N–H and O–H groups in total. The fourth-order valence-electron chi connectivity index (χ4n) is 3.87. The van der Waals surface area contributed by atoms with Gasteiger partial charge in [-0.05, 0) is 25.7 Å². The average Bonchev–Trinajstić information content (AvgIpc) is 2.98. The molecule has 0 aliphatic carbocycles. The predicted octanol–water partition coefficient (Wildman–Crippen LogP) is 1.62. The Bertz CT molecular complexity index is 359. The van der Waals surface area contributed by atoms with E-state index in [0.717, 1.165) is 45.3 Å². The van der Waals surface area contributed by atoms with Crippen LogP contribution in [0.1, 0.15) is 45.4 Å². The number of rotatable bonds is 3. The number of carbonyl (C=O) groups is 1. The van der Waals surface area contributed by atoms with Crippen molar-refractivity contribution in [3.05, 3.63) is 0 Å². The number of likely N-dealkylation sites (tertiary alicyclic amines) is 2. The Kier molecular flexibility index (Phi) is 4.82. The average molecular weight is 296 g/mol. The highest BCUT2D eigenvalue weighted by atomic mass is 16.7. The molecule has 3 aliphatic heterocycles. The summed E-state index contributed by atoms with van der Waals surface area (Å²) >= 11 is 0. The largest absolute Gasteiger partial charge is 0.347 e. The number of piperidine rings is 2. The number of carbonyl (C=O) groups excluding carboxylic acids is 1. The van der Waals surface area contributed by atoms with Gasteiger partial charge in [-0.1, -0.05) is 6.92 Å². The summed E-state index contributed by atoms with van der Waals surface area (Å²) in [5, 5.41) is 0. The van der Waals surface area contributed by atoms with Gasteiger partial charge in [-0.25, -0.2) is 0 Å².